The number of ketones is 1. The van der Waals surface area contributed by atoms with Crippen LogP contribution in [0.1, 0.15) is 61.2 Å². The maximum Gasteiger partial charge on any atom is 0.338 e. The van der Waals surface area contributed by atoms with E-state index < -0.39 is 29.7 Å². The molecule has 2 atom stereocenters. The number of carbonyl (C=O) groups is 4. The summed E-state index contributed by atoms with van der Waals surface area (Å²) in [5.74, 6) is -2.03. The third kappa shape index (κ3) is 4.24. The molecule has 0 unspecified atom stereocenters. The summed E-state index contributed by atoms with van der Waals surface area (Å²) in [6.07, 6.45) is 0.483. The molecule has 0 saturated carbocycles. The van der Waals surface area contributed by atoms with Crippen molar-refractivity contribution < 1.29 is 28.7 Å². The summed E-state index contributed by atoms with van der Waals surface area (Å²) in [7, 11) is 0. The molecular weight excluding hydrogens is 422 g/mol. The Hall–Kier alpha value is -3.03. The Bertz CT molecular complexity index is 1080. The molecule has 2 aliphatic heterocycles. The van der Waals surface area contributed by atoms with Gasteiger partial charge in [0.05, 0.1) is 29.3 Å². The molecule has 31 heavy (non-hydrogen) atoms. The topological polar surface area (TPSA) is 90.0 Å². The van der Waals surface area contributed by atoms with Crippen molar-refractivity contribution in [2.24, 2.45) is 0 Å². The van der Waals surface area contributed by atoms with Crippen molar-refractivity contribution in [2.45, 2.75) is 32.0 Å². The van der Waals surface area contributed by atoms with Crippen LogP contribution in [0.3, 0.4) is 0 Å². The lowest BCUT2D eigenvalue weighted by atomic mass is 10.1. The van der Waals surface area contributed by atoms with E-state index in [0.717, 1.165) is 17.7 Å². The molecule has 2 aromatic carbocycles. The highest BCUT2D eigenvalue weighted by atomic mass is 35.5. The SMILES string of the molecule is C[C@@H](OC(=O)c1ccc2c(c1)C(=O)N(C[C@@H]1CCCO1)C2=O)C(=O)c1cccc(Cl)c1. The van der Waals surface area contributed by atoms with Crippen LogP contribution in [0.5, 0.6) is 0 Å². The first-order valence-electron chi connectivity index (χ1n) is 9.98. The largest absolute Gasteiger partial charge is 0.451 e. The van der Waals surface area contributed by atoms with Crippen molar-refractivity contribution in [3.8, 4) is 0 Å². The van der Waals surface area contributed by atoms with E-state index in [4.69, 9.17) is 21.1 Å². The van der Waals surface area contributed by atoms with Crippen LogP contribution in [0.4, 0.5) is 0 Å². The fourth-order valence-electron chi connectivity index (χ4n) is 3.73. The minimum Gasteiger partial charge on any atom is -0.451 e. The van der Waals surface area contributed by atoms with Crippen LogP contribution in [0, 0.1) is 0 Å². The molecule has 1 fully saturated rings. The quantitative estimate of drug-likeness (QED) is 0.387. The monoisotopic (exact) mass is 441 g/mol. The number of rotatable bonds is 6. The van der Waals surface area contributed by atoms with Crippen molar-refractivity contribution in [3.05, 3.63) is 69.7 Å². The molecule has 0 spiro atoms. The summed E-state index contributed by atoms with van der Waals surface area (Å²) in [6.45, 7) is 2.28. The smallest absolute Gasteiger partial charge is 0.338 e. The molecule has 8 heteroatoms. The number of amides is 2. The van der Waals surface area contributed by atoms with Crippen molar-refractivity contribution in [3.63, 3.8) is 0 Å². The highest BCUT2D eigenvalue weighted by Gasteiger charge is 2.38. The summed E-state index contributed by atoms with van der Waals surface area (Å²) in [5.41, 5.74) is 0.797. The van der Waals surface area contributed by atoms with Gasteiger partial charge < -0.3 is 9.47 Å². The number of imide groups is 1. The zero-order valence-electron chi connectivity index (χ0n) is 16.8. The van der Waals surface area contributed by atoms with Gasteiger partial charge in [-0.3, -0.25) is 19.3 Å². The molecule has 0 aliphatic carbocycles. The van der Waals surface area contributed by atoms with E-state index in [1.165, 1.54) is 31.2 Å². The molecule has 2 amide bonds. The van der Waals surface area contributed by atoms with Crippen LogP contribution in [0.25, 0.3) is 0 Å². The van der Waals surface area contributed by atoms with E-state index >= 15 is 0 Å². The molecule has 2 heterocycles. The molecule has 1 saturated heterocycles. The summed E-state index contributed by atoms with van der Waals surface area (Å²) in [4.78, 5) is 51.6. The van der Waals surface area contributed by atoms with Crippen molar-refractivity contribution in [2.75, 3.05) is 13.2 Å². The van der Waals surface area contributed by atoms with Gasteiger partial charge >= 0.3 is 5.97 Å². The second kappa shape index (κ2) is 8.61. The van der Waals surface area contributed by atoms with Gasteiger partial charge in [0.15, 0.2) is 6.10 Å². The number of halogens is 1. The molecule has 4 rings (SSSR count). The second-order valence-electron chi connectivity index (χ2n) is 7.54. The van der Waals surface area contributed by atoms with E-state index in [1.807, 2.05) is 0 Å². The lowest BCUT2D eigenvalue weighted by Gasteiger charge is -2.17. The third-order valence-electron chi connectivity index (χ3n) is 5.38. The fourth-order valence-corrected chi connectivity index (χ4v) is 3.92. The Morgan fingerprint density at radius 2 is 1.90 bits per heavy atom. The maximum atomic E-state index is 12.7. The standard InChI is InChI=1S/C23H20ClNO6/c1-13(20(26)14-4-2-5-16(24)10-14)31-23(29)15-7-8-18-19(11-15)22(28)25(21(18)27)12-17-6-3-9-30-17/h2,4-5,7-8,10-11,13,17H,3,6,9,12H2,1H3/t13-,17+/m1/s1. The van der Waals surface area contributed by atoms with Crippen LogP contribution in [-0.4, -0.2) is 53.8 Å². The molecule has 2 aromatic rings. The number of nitrogens with zero attached hydrogens (tertiary/aromatic N) is 1. The fraction of sp³-hybridized carbons (Fsp3) is 0.304. The number of benzene rings is 2. The Morgan fingerprint density at radius 3 is 2.61 bits per heavy atom. The number of hydrogen-bond donors (Lipinski definition) is 0. The molecule has 0 N–H and O–H groups in total. The normalized spacial score (nSPS) is 18.8. The lowest BCUT2D eigenvalue weighted by molar-refractivity contribution is 0.0318. The van der Waals surface area contributed by atoms with Crippen LogP contribution in [0.2, 0.25) is 5.02 Å². The van der Waals surface area contributed by atoms with E-state index in [9.17, 15) is 19.2 Å². The average Bonchev–Trinajstić information content (AvgIpc) is 3.36. The maximum absolute atomic E-state index is 12.7. The molecule has 0 bridgehead atoms. The Labute approximate surface area is 183 Å². The number of ether oxygens (including phenoxy) is 2. The number of carbonyl (C=O) groups excluding carboxylic acids is 4. The molecule has 2 aliphatic rings. The zero-order chi connectivity index (χ0) is 22.1. The van der Waals surface area contributed by atoms with Crippen LogP contribution >= 0.6 is 11.6 Å². The Kier molecular flexibility index (Phi) is 5.89. The van der Waals surface area contributed by atoms with Gasteiger partial charge in [0.25, 0.3) is 11.8 Å². The van der Waals surface area contributed by atoms with Crippen LogP contribution in [-0.2, 0) is 9.47 Å². The number of esters is 1. The first-order chi connectivity index (χ1) is 14.8. The van der Waals surface area contributed by atoms with Gasteiger partial charge in [-0.15, -0.1) is 0 Å². The third-order valence-corrected chi connectivity index (χ3v) is 5.61. The number of fused-ring (bicyclic) bond motifs is 1. The lowest BCUT2D eigenvalue weighted by Crippen LogP contribution is -2.36. The van der Waals surface area contributed by atoms with Crippen molar-refractivity contribution in [1.82, 2.24) is 4.90 Å². The van der Waals surface area contributed by atoms with E-state index in [1.54, 1.807) is 18.2 Å². The summed E-state index contributed by atoms with van der Waals surface area (Å²) >= 11 is 5.91. The highest BCUT2D eigenvalue weighted by Crippen LogP contribution is 2.26. The highest BCUT2D eigenvalue weighted by molar-refractivity contribution is 6.31. The van der Waals surface area contributed by atoms with Crippen molar-refractivity contribution in [1.29, 1.82) is 0 Å². The van der Waals surface area contributed by atoms with Gasteiger partial charge in [-0.05, 0) is 50.1 Å². The second-order valence-corrected chi connectivity index (χ2v) is 7.97. The number of hydrogen-bond acceptors (Lipinski definition) is 6. The minimum atomic E-state index is -1.05. The van der Waals surface area contributed by atoms with Crippen LogP contribution < -0.4 is 0 Å². The summed E-state index contributed by atoms with van der Waals surface area (Å²) in [6, 6.07) is 10.5. The van der Waals surface area contributed by atoms with Crippen molar-refractivity contribution >= 4 is 35.2 Å². The first kappa shape index (κ1) is 21.2. The average molecular weight is 442 g/mol. The van der Waals surface area contributed by atoms with E-state index in [2.05, 4.69) is 0 Å². The summed E-state index contributed by atoms with van der Waals surface area (Å²) in [5, 5.41) is 0.402. The minimum absolute atomic E-state index is 0.0876. The molecule has 0 radical (unpaired) electrons. The number of Topliss-reactive ketones (excluding diaryl/α,β-unsaturated/α-hetero) is 1. The first-order valence-corrected chi connectivity index (χ1v) is 10.4. The molecular formula is C23H20ClNO6. The zero-order valence-corrected chi connectivity index (χ0v) is 17.6. The van der Waals surface area contributed by atoms with Gasteiger partial charge in [0.2, 0.25) is 5.78 Å². The Morgan fingerprint density at radius 1 is 1.13 bits per heavy atom. The Balaban J connectivity index is 1.47. The molecule has 160 valence electrons. The van der Waals surface area contributed by atoms with Gasteiger partial charge in [-0.25, -0.2) is 4.79 Å². The van der Waals surface area contributed by atoms with Gasteiger partial charge in [0.1, 0.15) is 0 Å². The van der Waals surface area contributed by atoms with Gasteiger partial charge in [-0.2, -0.15) is 0 Å². The molecule has 7 nitrogen and oxygen atoms in total. The summed E-state index contributed by atoms with van der Waals surface area (Å²) < 4.78 is 10.8. The molecule has 0 aromatic heterocycles. The predicted octanol–water partition coefficient (Wildman–Crippen LogP) is 3.54. The van der Waals surface area contributed by atoms with E-state index in [0.29, 0.717) is 17.2 Å². The van der Waals surface area contributed by atoms with Gasteiger partial charge in [-0.1, -0.05) is 23.7 Å². The van der Waals surface area contributed by atoms with Crippen LogP contribution in [0.15, 0.2) is 42.5 Å². The van der Waals surface area contributed by atoms with E-state index in [-0.39, 0.29) is 29.3 Å². The van der Waals surface area contributed by atoms with Gasteiger partial charge in [0, 0.05) is 17.2 Å². The predicted molar refractivity (Wildman–Crippen MR) is 111 cm³/mol.